The number of aromatic nitrogens is 4. The topological polar surface area (TPSA) is 55.6 Å². The van der Waals surface area contributed by atoms with E-state index in [1.54, 1.807) is 0 Å². The van der Waals surface area contributed by atoms with Crippen molar-refractivity contribution in [2.75, 3.05) is 6.54 Å². The van der Waals surface area contributed by atoms with Gasteiger partial charge in [-0.2, -0.15) is 0 Å². The quantitative estimate of drug-likeness (QED) is 0.689. The van der Waals surface area contributed by atoms with E-state index >= 15 is 0 Å². The number of tetrazole rings is 1. The van der Waals surface area contributed by atoms with Crippen molar-refractivity contribution < 1.29 is 0 Å². The minimum absolute atomic E-state index is 0.129. The number of aryl methyl sites for hydroxylation is 1. The van der Waals surface area contributed by atoms with Gasteiger partial charge in [-0.1, -0.05) is 0 Å². The van der Waals surface area contributed by atoms with Crippen molar-refractivity contribution >= 4 is 0 Å². The van der Waals surface area contributed by atoms with Gasteiger partial charge in [0.15, 0.2) is 5.82 Å². The lowest BCUT2D eigenvalue weighted by Gasteiger charge is -2.35. The molecule has 3 heterocycles. The van der Waals surface area contributed by atoms with Crippen LogP contribution in [0.25, 0.3) is 0 Å². The first-order chi connectivity index (χ1) is 6.34. The second-order valence-corrected chi connectivity index (χ2v) is 4.06. The molecule has 4 rings (SSSR count). The lowest BCUT2D eigenvalue weighted by Crippen LogP contribution is -2.42. The van der Waals surface area contributed by atoms with Gasteiger partial charge in [-0.25, -0.2) is 4.68 Å². The van der Waals surface area contributed by atoms with Crippen LogP contribution < -0.4 is 5.32 Å². The van der Waals surface area contributed by atoms with Crippen LogP contribution in [0.15, 0.2) is 0 Å². The molecule has 0 radical (unpaired) electrons. The van der Waals surface area contributed by atoms with Gasteiger partial charge in [-0.15, -0.1) is 5.10 Å². The number of nitrogens with one attached hydrogen (secondary N) is 1. The maximum atomic E-state index is 4.12. The highest BCUT2D eigenvalue weighted by atomic mass is 15.6. The Morgan fingerprint density at radius 3 is 3.08 bits per heavy atom. The summed E-state index contributed by atoms with van der Waals surface area (Å²) in [5, 5.41) is 15.3. The molecule has 0 aromatic carbocycles. The highest BCUT2D eigenvalue weighted by Gasteiger charge is 2.54. The Labute approximate surface area is 76.5 Å². The fourth-order valence-electron chi connectivity index (χ4n) is 2.58. The van der Waals surface area contributed by atoms with Gasteiger partial charge in [0.2, 0.25) is 0 Å². The van der Waals surface area contributed by atoms with Crippen LogP contribution in [0.2, 0.25) is 0 Å². The van der Waals surface area contributed by atoms with E-state index in [-0.39, 0.29) is 5.54 Å². The fraction of sp³-hybridized carbons (Fsp3) is 0.875. The average molecular weight is 179 g/mol. The molecule has 1 aliphatic carbocycles. The Morgan fingerprint density at radius 2 is 2.46 bits per heavy atom. The highest BCUT2D eigenvalue weighted by Crippen LogP contribution is 2.49. The second kappa shape index (κ2) is 2.29. The van der Waals surface area contributed by atoms with Gasteiger partial charge >= 0.3 is 0 Å². The van der Waals surface area contributed by atoms with Crippen molar-refractivity contribution in [3.05, 3.63) is 5.82 Å². The monoisotopic (exact) mass is 179 g/mol. The molecule has 0 amide bonds. The molecular formula is C8H13N5. The Kier molecular flexibility index (Phi) is 1.31. The SMILES string of the molecule is CCn1nnnc1C12CC(CN1)C2. The number of hydrogen-bond acceptors (Lipinski definition) is 4. The van der Waals surface area contributed by atoms with Gasteiger partial charge in [0, 0.05) is 6.54 Å². The van der Waals surface area contributed by atoms with Crippen LogP contribution in [0.5, 0.6) is 0 Å². The van der Waals surface area contributed by atoms with Crippen molar-refractivity contribution in [3.63, 3.8) is 0 Å². The molecule has 3 aliphatic rings. The van der Waals surface area contributed by atoms with E-state index in [2.05, 4.69) is 27.8 Å². The van der Waals surface area contributed by atoms with Crippen molar-refractivity contribution in [1.82, 2.24) is 25.5 Å². The average Bonchev–Trinajstić information content (AvgIpc) is 2.76. The summed E-state index contributed by atoms with van der Waals surface area (Å²) in [6.07, 6.45) is 2.43. The van der Waals surface area contributed by atoms with E-state index in [0.717, 1.165) is 24.8 Å². The molecule has 2 aliphatic heterocycles. The lowest BCUT2D eigenvalue weighted by molar-refractivity contribution is 0.206. The maximum Gasteiger partial charge on any atom is 0.171 e. The number of hydrogen-bond donors (Lipinski definition) is 1. The summed E-state index contributed by atoms with van der Waals surface area (Å²) in [5.74, 6) is 1.89. The molecule has 70 valence electrons. The van der Waals surface area contributed by atoms with Crippen LogP contribution in [-0.4, -0.2) is 26.8 Å². The zero-order chi connectivity index (χ0) is 8.89. The third kappa shape index (κ3) is 0.824. The number of fused-ring (bicyclic) bond motifs is 1. The molecule has 0 spiro atoms. The summed E-state index contributed by atoms with van der Waals surface area (Å²) in [6, 6.07) is 0. The maximum absolute atomic E-state index is 4.12. The van der Waals surface area contributed by atoms with E-state index in [1.807, 2.05) is 4.68 Å². The van der Waals surface area contributed by atoms with E-state index in [1.165, 1.54) is 12.8 Å². The zero-order valence-electron chi connectivity index (χ0n) is 7.69. The van der Waals surface area contributed by atoms with E-state index in [4.69, 9.17) is 0 Å². The smallest absolute Gasteiger partial charge is 0.171 e. The normalized spacial score (nSPS) is 36.2. The minimum Gasteiger partial charge on any atom is -0.304 e. The fourth-order valence-corrected chi connectivity index (χ4v) is 2.58. The predicted molar refractivity (Wildman–Crippen MR) is 45.9 cm³/mol. The van der Waals surface area contributed by atoms with Gasteiger partial charge < -0.3 is 5.32 Å². The molecule has 1 saturated carbocycles. The summed E-state index contributed by atoms with van der Waals surface area (Å²) in [6.45, 7) is 4.06. The van der Waals surface area contributed by atoms with Crippen LogP contribution in [-0.2, 0) is 12.1 Å². The molecule has 5 heteroatoms. The van der Waals surface area contributed by atoms with Crippen LogP contribution in [0, 0.1) is 5.92 Å². The molecule has 13 heavy (non-hydrogen) atoms. The second-order valence-electron chi connectivity index (χ2n) is 4.06. The molecule has 0 unspecified atom stereocenters. The van der Waals surface area contributed by atoms with Crippen molar-refractivity contribution in [2.24, 2.45) is 5.92 Å². The van der Waals surface area contributed by atoms with Crippen molar-refractivity contribution in [1.29, 1.82) is 0 Å². The molecule has 1 aromatic rings. The molecule has 2 bridgehead atoms. The highest BCUT2D eigenvalue weighted by molar-refractivity contribution is 5.17. The summed E-state index contributed by atoms with van der Waals surface area (Å²) in [5.41, 5.74) is 0.129. The molecule has 5 nitrogen and oxygen atoms in total. The third-order valence-corrected chi connectivity index (χ3v) is 3.26. The van der Waals surface area contributed by atoms with E-state index in [9.17, 15) is 0 Å². The van der Waals surface area contributed by atoms with Crippen LogP contribution in [0.3, 0.4) is 0 Å². The number of nitrogens with zero attached hydrogens (tertiary/aromatic N) is 4. The van der Waals surface area contributed by atoms with Gasteiger partial charge in [-0.3, -0.25) is 0 Å². The van der Waals surface area contributed by atoms with Crippen molar-refractivity contribution in [2.45, 2.75) is 31.8 Å². The molecule has 0 atom stereocenters. The molecule has 2 saturated heterocycles. The first-order valence-corrected chi connectivity index (χ1v) is 4.86. The first kappa shape index (κ1) is 7.44. The minimum atomic E-state index is 0.129. The molecule has 3 fully saturated rings. The van der Waals surface area contributed by atoms with Gasteiger partial charge in [-0.05, 0) is 42.7 Å². The van der Waals surface area contributed by atoms with Crippen molar-refractivity contribution in [3.8, 4) is 0 Å². The third-order valence-electron chi connectivity index (χ3n) is 3.26. The summed E-state index contributed by atoms with van der Waals surface area (Å²) >= 11 is 0. The molecule has 1 aromatic heterocycles. The first-order valence-electron chi connectivity index (χ1n) is 4.86. The predicted octanol–water partition coefficient (Wildman–Crippen LogP) is -0.0985. The Bertz CT molecular complexity index is 320. The summed E-state index contributed by atoms with van der Waals surface area (Å²) in [4.78, 5) is 0. The van der Waals surface area contributed by atoms with Crippen LogP contribution in [0.4, 0.5) is 0 Å². The lowest BCUT2D eigenvalue weighted by atomic mass is 9.73. The Hall–Kier alpha value is -0.970. The standard InChI is InChI=1S/C8H13N5/c1-2-13-7(10-11-12-13)8-3-6(4-8)5-9-8/h6,9H,2-5H2,1H3. The number of rotatable bonds is 2. The molecule has 1 N–H and O–H groups in total. The molecular weight excluding hydrogens is 166 g/mol. The summed E-state index contributed by atoms with van der Waals surface area (Å²) < 4.78 is 1.90. The van der Waals surface area contributed by atoms with Gasteiger partial charge in [0.05, 0.1) is 5.54 Å². The Morgan fingerprint density at radius 1 is 1.62 bits per heavy atom. The van der Waals surface area contributed by atoms with Crippen LogP contribution >= 0.6 is 0 Å². The zero-order valence-corrected chi connectivity index (χ0v) is 7.69. The van der Waals surface area contributed by atoms with Gasteiger partial charge in [0.25, 0.3) is 0 Å². The Balaban J connectivity index is 2.00. The van der Waals surface area contributed by atoms with E-state index < -0.39 is 0 Å². The largest absolute Gasteiger partial charge is 0.304 e. The van der Waals surface area contributed by atoms with E-state index in [0.29, 0.717) is 0 Å². The van der Waals surface area contributed by atoms with Crippen LogP contribution in [0.1, 0.15) is 25.6 Å². The summed E-state index contributed by atoms with van der Waals surface area (Å²) in [7, 11) is 0. The van der Waals surface area contributed by atoms with Gasteiger partial charge in [0.1, 0.15) is 0 Å².